The topological polar surface area (TPSA) is 71.3 Å². The summed E-state index contributed by atoms with van der Waals surface area (Å²) in [6.07, 6.45) is 2.58. The molecule has 0 bridgehead atoms. The smallest absolute Gasteiger partial charge is 0.195 e. The van der Waals surface area contributed by atoms with Gasteiger partial charge in [0.15, 0.2) is 5.96 Å². The number of hydrogen-bond acceptors (Lipinski definition) is 5. The van der Waals surface area contributed by atoms with E-state index in [2.05, 4.69) is 34.4 Å². The van der Waals surface area contributed by atoms with Crippen molar-refractivity contribution in [1.82, 2.24) is 10.2 Å². The van der Waals surface area contributed by atoms with Crippen LogP contribution in [0.3, 0.4) is 0 Å². The van der Waals surface area contributed by atoms with Gasteiger partial charge in [-0.1, -0.05) is 19.9 Å². The maximum Gasteiger partial charge on any atom is 0.195 e. The first-order chi connectivity index (χ1) is 14.2. The van der Waals surface area contributed by atoms with Crippen molar-refractivity contribution in [1.29, 1.82) is 0 Å². The quantitative estimate of drug-likeness (QED) is 0.184. The van der Waals surface area contributed by atoms with Crippen LogP contribution in [0.5, 0.6) is 5.75 Å². The number of ether oxygens (including phenoxy) is 2. The molecule has 2 aromatic rings. The third kappa shape index (κ3) is 8.53. The molecule has 30 heavy (non-hydrogen) atoms. The minimum absolute atomic E-state index is 0. The van der Waals surface area contributed by atoms with Crippen molar-refractivity contribution in [2.45, 2.75) is 26.3 Å². The molecule has 0 saturated heterocycles. The predicted octanol–water partition coefficient (Wildman–Crippen LogP) is 4.38. The molecule has 0 spiro atoms. The summed E-state index contributed by atoms with van der Waals surface area (Å²) in [7, 11) is 3.46. The van der Waals surface area contributed by atoms with E-state index in [-0.39, 0.29) is 30.0 Å². The Balaban J connectivity index is 0.00000450. The van der Waals surface area contributed by atoms with Crippen LogP contribution in [-0.4, -0.2) is 57.9 Å². The summed E-state index contributed by atoms with van der Waals surface area (Å²) in [6, 6.07) is 11.9. The molecule has 1 aromatic carbocycles. The molecule has 0 aliphatic rings. The lowest BCUT2D eigenvalue weighted by molar-refractivity contribution is 0.172. The second kappa shape index (κ2) is 15.1. The number of halogens is 1. The number of nitrogens with zero attached hydrogens (tertiary/aromatic N) is 2. The molecule has 1 heterocycles. The third-order valence-corrected chi connectivity index (χ3v) is 4.67. The zero-order valence-corrected chi connectivity index (χ0v) is 20.7. The largest absolute Gasteiger partial charge is 0.493 e. The molecule has 1 atom stereocenters. The summed E-state index contributed by atoms with van der Waals surface area (Å²) in [6.45, 7) is 8.20. The minimum atomic E-state index is 0. The monoisotopic (exact) mass is 530 g/mol. The standard InChI is InChI=1S/C22H34N4O3.HI/c1-5-26(6-2)20(21-12-8-14-29-21)17-24-22(23-3)25-18-10-7-11-19(16-18)28-15-9-13-27-4;/h7-8,10-12,14,16,20H,5-6,9,13,15,17H2,1-4H3,(H2,23,24,25);1H. The Morgan fingerprint density at radius 3 is 2.60 bits per heavy atom. The van der Waals surface area contributed by atoms with Crippen LogP contribution >= 0.6 is 24.0 Å². The van der Waals surface area contributed by atoms with Gasteiger partial charge < -0.3 is 24.5 Å². The van der Waals surface area contributed by atoms with Gasteiger partial charge in [0.1, 0.15) is 11.5 Å². The SMILES string of the molecule is CCN(CC)C(CNC(=NC)Nc1cccc(OCCCOC)c1)c1ccco1.I. The molecule has 1 aromatic heterocycles. The summed E-state index contributed by atoms with van der Waals surface area (Å²) in [5.41, 5.74) is 0.916. The molecule has 2 N–H and O–H groups in total. The Hall–Kier alpha value is -1.78. The van der Waals surface area contributed by atoms with Crippen molar-refractivity contribution in [2.24, 2.45) is 4.99 Å². The number of guanidine groups is 1. The van der Waals surface area contributed by atoms with E-state index in [1.165, 1.54) is 0 Å². The van der Waals surface area contributed by atoms with Gasteiger partial charge in [-0.05, 0) is 37.4 Å². The highest BCUT2D eigenvalue weighted by atomic mass is 127. The van der Waals surface area contributed by atoms with Gasteiger partial charge in [0.25, 0.3) is 0 Å². The average molecular weight is 530 g/mol. The molecular weight excluding hydrogens is 495 g/mol. The van der Waals surface area contributed by atoms with E-state index in [0.29, 0.717) is 25.7 Å². The van der Waals surface area contributed by atoms with Crippen molar-refractivity contribution < 1.29 is 13.9 Å². The number of likely N-dealkylation sites (N-methyl/N-ethyl adjacent to an activating group) is 1. The molecule has 168 valence electrons. The van der Waals surface area contributed by atoms with E-state index < -0.39 is 0 Å². The van der Waals surface area contributed by atoms with Crippen LogP contribution in [0, 0.1) is 0 Å². The molecule has 0 fully saturated rings. The molecular formula is C22H35IN4O3. The van der Waals surface area contributed by atoms with Crippen LogP contribution in [0.4, 0.5) is 5.69 Å². The fourth-order valence-electron chi connectivity index (χ4n) is 3.12. The fourth-order valence-corrected chi connectivity index (χ4v) is 3.12. The Morgan fingerprint density at radius 2 is 1.97 bits per heavy atom. The molecule has 8 heteroatoms. The maximum absolute atomic E-state index is 5.77. The summed E-state index contributed by atoms with van der Waals surface area (Å²) < 4.78 is 16.5. The zero-order chi connectivity index (χ0) is 20.9. The first kappa shape index (κ1) is 26.3. The Bertz CT molecular complexity index is 721. The number of methoxy groups -OCH3 is 1. The lowest BCUT2D eigenvalue weighted by Crippen LogP contribution is -2.40. The molecule has 0 radical (unpaired) electrons. The molecule has 0 aliphatic heterocycles. The van der Waals surface area contributed by atoms with Crippen LogP contribution < -0.4 is 15.4 Å². The Labute approximate surface area is 197 Å². The highest BCUT2D eigenvalue weighted by molar-refractivity contribution is 14.0. The highest BCUT2D eigenvalue weighted by Crippen LogP contribution is 2.21. The summed E-state index contributed by atoms with van der Waals surface area (Å²) in [4.78, 5) is 6.71. The Morgan fingerprint density at radius 1 is 1.17 bits per heavy atom. The lowest BCUT2D eigenvalue weighted by atomic mass is 10.2. The summed E-state index contributed by atoms with van der Waals surface area (Å²) in [5.74, 6) is 2.46. The van der Waals surface area contributed by atoms with Crippen molar-refractivity contribution in [3.63, 3.8) is 0 Å². The number of nitrogens with one attached hydrogen (secondary N) is 2. The van der Waals surface area contributed by atoms with Crippen LogP contribution in [0.15, 0.2) is 52.1 Å². The molecule has 0 amide bonds. The van der Waals surface area contributed by atoms with Crippen molar-refractivity contribution >= 4 is 35.6 Å². The average Bonchev–Trinajstić information content (AvgIpc) is 3.28. The van der Waals surface area contributed by atoms with Crippen molar-refractivity contribution in [3.05, 3.63) is 48.4 Å². The van der Waals surface area contributed by atoms with Gasteiger partial charge in [-0.25, -0.2) is 0 Å². The van der Waals surface area contributed by atoms with Crippen LogP contribution in [0.25, 0.3) is 0 Å². The molecule has 2 rings (SSSR count). The van der Waals surface area contributed by atoms with Crippen LogP contribution in [-0.2, 0) is 4.74 Å². The van der Waals surface area contributed by atoms with Gasteiger partial charge in [0, 0.05) is 45.5 Å². The predicted molar refractivity (Wildman–Crippen MR) is 133 cm³/mol. The van der Waals surface area contributed by atoms with Crippen LogP contribution in [0.1, 0.15) is 32.1 Å². The van der Waals surface area contributed by atoms with Gasteiger partial charge in [-0.15, -0.1) is 24.0 Å². The number of benzene rings is 1. The van der Waals surface area contributed by atoms with Gasteiger partial charge >= 0.3 is 0 Å². The first-order valence-electron chi connectivity index (χ1n) is 10.2. The number of hydrogen-bond donors (Lipinski definition) is 2. The maximum atomic E-state index is 5.77. The summed E-state index contributed by atoms with van der Waals surface area (Å²) >= 11 is 0. The molecule has 0 aliphatic carbocycles. The van der Waals surface area contributed by atoms with E-state index in [9.17, 15) is 0 Å². The zero-order valence-electron chi connectivity index (χ0n) is 18.4. The van der Waals surface area contributed by atoms with Crippen molar-refractivity contribution in [3.8, 4) is 5.75 Å². The van der Waals surface area contributed by atoms with E-state index in [1.54, 1.807) is 20.4 Å². The van der Waals surface area contributed by atoms with Gasteiger partial charge in [-0.3, -0.25) is 9.89 Å². The third-order valence-electron chi connectivity index (χ3n) is 4.67. The van der Waals surface area contributed by atoms with E-state index >= 15 is 0 Å². The lowest BCUT2D eigenvalue weighted by Gasteiger charge is -2.28. The second-order valence-corrected chi connectivity index (χ2v) is 6.55. The van der Waals surface area contributed by atoms with E-state index in [4.69, 9.17) is 13.9 Å². The van der Waals surface area contributed by atoms with Gasteiger partial charge in [-0.2, -0.15) is 0 Å². The number of rotatable bonds is 12. The minimum Gasteiger partial charge on any atom is -0.493 e. The van der Waals surface area contributed by atoms with E-state index in [1.807, 2.05) is 36.4 Å². The normalized spacial score (nSPS) is 12.4. The fraction of sp³-hybridized carbons (Fsp3) is 0.500. The number of furan rings is 1. The second-order valence-electron chi connectivity index (χ2n) is 6.55. The highest BCUT2D eigenvalue weighted by Gasteiger charge is 2.20. The molecule has 1 unspecified atom stereocenters. The van der Waals surface area contributed by atoms with Gasteiger partial charge in [0.05, 0.1) is 18.9 Å². The van der Waals surface area contributed by atoms with Crippen molar-refractivity contribution in [2.75, 3.05) is 52.3 Å². The number of anilines is 1. The molecule has 0 saturated carbocycles. The summed E-state index contributed by atoms with van der Waals surface area (Å²) in [5, 5.41) is 6.75. The van der Waals surface area contributed by atoms with E-state index in [0.717, 1.165) is 36.7 Å². The molecule has 7 nitrogen and oxygen atoms in total. The van der Waals surface area contributed by atoms with Gasteiger partial charge in [0.2, 0.25) is 0 Å². The Kier molecular flexibility index (Phi) is 13.2. The van der Waals surface area contributed by atoms with Crippen LogP contribution in [0.2, 0.25) is 0 Å². The first-order valence-corrected chi connectivity index (χ1v) is 10.2. The number of aliphatic imine (C=N–C) groups is 1.